The largest absolute Gasteiger partial charge is 0.379 e. The zero-order valence-corrected chi connectivity index (χ0v) is 10.1. The second-order valence-electron chi connectivity index (χ2n) is 4.83. The number of morpholine rings is 1. The average Bonchev–Trinajstić information content (AvgIpc) is 2.30. The lowest BCUT2D eigenvalue weighted by molar-refractivity contribution is -0.0637. The second kappa shape index (κ2) is 5.42. The lowest BCUT2D eigenvalue weighted by Crippen LogP contribution is -2.63. The number of rotatable bonds is 3. The molecule has 94 valence electrons. The van der Waals surface area contributed by atoms with Gasteiger partial charge in [-0.15, -0.1) is 0 Å². The topological polar surface area (TPSA) is 59.8 Å². The minimum Gasteiger partial charge on any atom is -0.379 e. The van der Waals surface area contributed by atoms with Crippen molar-refractivity contribution in [3.05, 3.63) is 0 Å². The second-order valence-corrected chi connectivity index (χ2v) is 4.83. The number of nitrogens with one attached hydrogen (secondary N) is 1. The number of nitrogens with two attached hydrogens (primary N) is 1. The summed E-state index contributed by atoms with van der Waals surface area (Å²) in [6.07, 6.45) is 2.28. The third-order valence-electron chi connectivity index (χ3n) is 3.46. The van der Waals surface area contributed by atoms with E-state index in [0.29, 0.717) is 12.6 Å². The van der Waals surface area contributed by atoms with E-state index in [1.54, 1.807) is 0 Å². The molecule has 2 rings (SSSR count). The molecule has 2 atom stereocenters. The fourth-order valence-corrected chi connectivity index (χ4v) is 2.51. The fraction of sp³-hybridized carbons (Fsp3) is 1.00. The van der Waals surface area contributed by atoms with Crippen molar-refractivity contribution in [1.82, 2.24) is 10.4 Å². The molecule has 2 aliphatic heterocycles. The summed E-state index contributed by atoms with van der Waals surface area (Å²) in [5.41, 5.74) is 9.56. The molecule has 0 saturated carbocycles. The summed E-state index contributed by atoms with van der Waals surface area (Å²) in [5.74, 6) is 0. The number of hydrazine groups is 1. The maximum Gasteiger partial charge on any atom is 0.0608 e. The predicted molar refractivity (Wildman–Crippen MR) is 62.0 cm³/mol. The molecule has 0 aromatic rings. The monoisotopic (exact) mass is 229 g/mol. The average molecular weight is 229 g/mol. The molecule has 2 saturated heterocycles. The first-order chi connectivity index (χ1) is 7.74. The van der Waals surface area contributed by atoms with Crippen molar-refractivity contribution in [2.75, 3.05) is 39.5 Å². The van der Waals surface area contributed by atoms with Crippen molar-refractivity contribution in [2.24, 2.45) is 5.73 Å². The molecule has 0 aliphatic carbocycles. The Morgan fingerprint density at radius 2 is 2.12 bits per heavy atom. The van der Waals surface area contributed by atoms with Crippen LogP contribution < -0.4 is 11.2 Å². The van der Waals surface area contributed by atoms with Crippen molar-refractivity contribution in [3.63, 3.8) is 0 Å². The van der Waals surface area contributed by atoms with E-state index in [1.807, 2.05) is 0 Å². The first-order valence-electron chi connectivity index (χ1n) is 6.16. The highest BCUT2D eigenvalue weighted by molar-refractivity contribution is 4.92. The Bertz CT molecular complexity index is 221. The van der Waals surface area contributed by atoms with Crippen LogP contribution in [0.5, 0.6) is 0 Å². The number of ether oxygens (including phenoxy) is 2. The maximum absolute atomic E-state index is 5.94. The van der Waals surface area contributed by atoms with Gasteiger partial charge < -0.3 is 15.2 Å². The van der Waals surface area contributed by atoms with E-state index < -0.39 is 0 Å². The lowest BCUT2D eigenvalue weighted by atomic mass is 9.88. The number of hydrogen-bond acceptors (Lipinski definition) is 5. The fourth-order valence-electron chi connectivity index (χ4n) is 2.51. The van der Waals surface area contributed by atoms with Crippen LogP contribution in [0.2, 0.25) is 0 Å². The lowest BCUT2D eigenvalue weighted by Gasteiger charge is -2.44. The normalized spacial score (nSPS) is 37.5. The highest BCUT2D eigenvalue weighted by atomic mass is 16.5. The Kier molecular flexibility index (Phi) is 4.16. The van der Waals surface area contributed by atoms with Crippen LogP contribution in [0.25, 0.3) is 0 Å². The van der Waals surface area contributed by atoms with Gasteiger partial charge in [0.1, 0.15) is 0 Å². The Hall–Kier alpha value is -0.200. The Morgan fingerprint density at radius 3 is 2.75 bits per heavy atom. The van der Waals surface area contributed by atoms with Crippen LogP contribution in [0.3, 0.4) is 0 Å². The quantitative estimate of drug-likeness (QED) is 0.697. The van der Waals surface area contributed by atoms with Gasteiger partial charge in [0.05, 0.1) is 19.3 Å². The molecule has 2 fully saturated rings. The van der Waals surface area contributed by atoms with Gasteiger partial charge in [0.15, 0.2) is 0 Å². The molecule has 0 amide bonds. The molecule has 16 heavy (non-hydrogen) atoms. The van der Waals surface area contributed by atoms with Gasteiger partial charge in [-0.2, -0.15) is 0 Å². The molecule has 5 nitrogen and oxygen atoms in total. The maximum atomic E-state index is 5.94. The van der Waals surface area contributed by atoms with Crippen molar-refractivity contribution < 1.29 is 9.47 Å². The van der Waals surface area contributed by atoms with Gasteiger partial charge in [0.25, 0.3) is 0 Å². The van der Waals surface area contributed by atoms with Gasteiger partial charge in [-0.25, -0.2) is 10.4 Å². The molecule has 2 unspecified atom stereocenters. The van der Waals surface area contributed by atoms with Crippen LogP contribution in [-0.2, 0) is 9.47 Å². The van der Waals surface area contributed by atoms with Crippen molar-refractivity contribution in [3.8, 4) is 0 Å². The third-order valence-corrected chi connectivity index (χ3v) is 3.46. The molecule has 2 heterocycles. The molecule has 0 radical (unpaired) electrons. The Morgan fingerprint density at radius 1 is 1.38 bits per heavy atom. The highest BCUT2D eigenvalue weighted by Gasteiger charge is 2.35. The summed E-state index contributed by atoms with van der Waals surface area (Å²) >= 11 is 0. The van der Waals surface area contributed by atoms with Crippen LogP contribution in [-0.4, -0.2) is 56.1 Å². The summed E-state index contributed by atoms with van der Waals surface area (Å²) in [6, 6.07) is 0. The van der Waals surface area contributed by atoms with E-state index in [1.165, 1.54) is 0 Å². The van der Waals surface area contributed by atoms with Gasteiger partial charge in [0.2, 0.25) is 0 Å². The van der Waals surface area contributed by atoms with Crippen LogP contribution >= 0.6 is 0 Å². The molecule has 0 aromatic carbocycles. The Labute approximate surface area is 97.2 Å². The zero-order valence-electron chi connectivity index (χ0n) is 10.1. The molecular formula is C11H23N3O2. The molecule has 3 N–H and O–H groups in total. The molecule has 0 bridgehead atoms. The van der Waals surface area contributed by atoms with Gasteiger partial charge in [0, 0.05) is 31.8 Å². The highest BCUT2D eigenvalue weighted by Crippen LogP contribution is 2.24. The number of hydrogen-bond donors (Lipinski definition) is 2. The summed E-state index contributed by atoms with van der Waals surface area (Å²) < 4.78 is 10.9. The summed E-state index contributed by atoms with van der Waals surface area (Å²) in [5, 5.41) is 2.24. The van der Waals surface area contributed by atoms with Gasteiger partial charge in [-0.05, 0) is 19.8 Å². The molecule has 2 aliphatic rings. The molecule has 0 aromatic heterocycles. The predicted octanol–water partition coefficient (Wildman–Crippen LogP) is -0.280. The molecular weight excluding hydrogens is 206 g/mol. The minimum atomic E-state index is 0.0228. The molecule has 0 spiro atoms. The standard InChI is InChI=1S/C11H23N3O2/c1-10-8-11(9-12,2-5-16-10)13-14-3-6-15-7-4-14/h10,13H,2-9,12H2,1H3. The van der Waals surface area contributed by atoms with E-state index in [-0.39, 0.29) is 5.54 Å². The van der Waals surface area contributed by atoms with E-state index in [4.69, 9.17) is 15.2 Å². The SMILES string of the molecule is CC1CC(CN)(NN2CCOCC2)CCO1. The van der Waals surface area contributed by atoms with Crippen LogP contribution in [0, 0.1) is 0 Å². The van der Waals surface area contributed by atoms with E-state index in [0.717, 1.165) is 45.8 Å². The Balaban J connectivity index is 1.91. The summed E-state index contributed by atoms with van der Waals surface area (Å²) in [4.78, 5) is 0. The molecule has 5 heteroatoms. The smallest absolute Gasteiger partial charge is 0.0608 e. The van der Waals surface area contributed by atoms with Crippen molar-refractivity contribution in [1.29, 1.82) is 0 Å². The van der Waals surface area contributed by atoms with E-state index >= 15 is 0 Å². The van der Waals surface area contributed by atoms with Gasteiger partial charge in [-0.3, -0.25) is 0 Å². The van der Waals surface area contributed by atoms with Crippen LogP contribution in [0.4, 0.5) is 0 Å². The van der Waals surface area contributed by atoms with Crippen LogP contribution in [0.1, 0.15) is 19.8 Å². The zero-order chi connectivity index (χ0) is 11.4. The van der Waals surface area contributed by atoms with E-state index in [2.05, 4.69) is 17.4 Å². The summed E-state index contributed by atoms with van der Waals surface area (Å²) in [6.45, 7) is 7.08. The van der Waals surface area contributed by atoms with Crippen molar-refractivity contribution in [2.45, 2.75) is 31.4 Å². The van der Waals surface area contributed by atoms with E-state index in [9.17, 15) is 0 Å². The van der Waals surface area contributed by atoms with Crippen LogP contribution in [0.15, 0.2) is 0 Å². The number of nitrogens with zero attached hydrogens (tertiary/aromatic N) is 1. The van der Waals surface area contributed by atoms with Crippen molar-refractivity contribution >= 4 is 0 Å². The third kappa shape index (κ3) is 2.93. The van der Waals surface area contributed by atoms with Gasteiger partial charge in [-0.1, -0.05) is 0 Å². The summed E-state index contributed by atoms with van der Waals surface area (Å²) in [7, 11) is 0. The van der Waals surface area contributed by atoms with Gasteiger partial charge >= 0.3 is 0 Å². The first-order valence-corrected chi connectivity index (χ1v) is 6.16. The first kappa shape index (κ1) is 12.3. The minimum absolute atomic E-state index is 0.0228.